The van der Waals surface area contributed by atoms with Crippen LogP contribution >= 0.6 is 11.3 Å². The fourth-order valence-corrected chi connectivity index (χ4v) is 3.52. The average Bonchev–Trinajstić information content (AvgIpc) is 3.18. The number of carboxylic acids is 1. The van der Waals surface area contributed by atoms with Crippen LogP contribution in [0.3, 0.4) is 0 Å². The van der Waals surface area contributed by atoms with Crippen molar-refractivity contribution in [2.45, 2.75) is 13.3 Å². The number of hydrogen-bond donors (Lipinski definition) is 4. The number of benzene rings is 2. The van der Waals surface area contributed by atoms with E-state index in [9.17, 15) is 14.4 Å². The van der Waals surface area contributed by atoms with Gasteiger partial charge in [0.15, 0.2) is 0 Å². The Morgan fingerprint density at radius 1 is 1.03 bits per heavy atom. The summed E-state index contributed by atoms with van der Waals surface area (Å²) in [4.78, 5) is 36.3. The van der Waals surface area contributed by atoms with Crippen LogP contribution in [-0.4, -0.2) is 22.9 Å². The van der Waals surface area contributed by atoms with Gasteiger partial charge in [-0.05, 0) is 46.8 Å². The van der Waals surface area contributed by atoms with Crippen LogP contribution in [0.1, 0.15) is 22.8 Å². The van der Waals surface area contributed by atoms with Gasteiger partial charge in [0.2, 0.25) is 5.91 Å². The van der Waals surface area contributed by atoms with E-state index in [2.05, 4.69) is 10.6 Å². The Labute approximate surface area is 171 Å². The van der Waals surface area contributed by atoms with Crippen molar-refractivity contribution in [1.82, 2.24) is 0 Å². The van der Waals surface area contributed by atoms with Crippen LogP contribution in [0.5, 0.6) is 0 Å². The van der Waals surface area contributed by atoms with E-state index >= 15 is 0 Å². The van der Waals surface area contributed by atoms with Gasteiger partial charge in [-0.3, -0.25) is 14.4 Å². The van der Waals surface area contributed by atoms with Crippen molar-refractivity contribution in [1.29, 1.82) is 0 Å². The molecule has 0 aliphatic heterocycles. The number of carbonyl (C=O) groups excluding carboxylic acids is 2. The maximum absolute atomic E-state index is 12.7. The van der Waals surface area contributed by atoms with Gasteiger partial charge in [-0.2, -0.15) is 0 Å². The second-order valence-electron chi connectivity index (χ2n) is 6.36. The number of aliphatic carboxylic acids is 1. The SMILES string of the molecule is CC(=O)Nc1cc(C(=O)Nc2cc(-c3cccs3)ccc2N)ccc1CC(=O)O. The Morgan fingerprint density at radius 3 is 2.48 bits per heavy atom. The molecule has 0 saturated heterocycles. The Morgan fingerprint density at radius 2 is 1.83 bits per heavy atom. The summed E-state index contributed by atoms with van der Waals surface area (Å²) in [5.41, 5.74) is 8.79. The van der Waals surface area contributed by atoms with Gasteiger partial charge in [-0.1, -0.05) is 18.2 Å². The highest BCUT2D eigenvalue weighted by molar-refractivity contribution is 7.13. The lowest BCUT2D eigenvalue weighted by Gasteiger charge is -2.13. The summed E-state index contributed by atoms with van der Waals surface area (Å²) in [5, 5.41) is 16.3. The third kappa shape index (κ3) is 4.99. The first-order valence-electron chi connectivity index (χ1n) is 8.70. The van der Waals surface area contributed by atoms with Gasteiger partial charge in [-0.15, -0.1) is 11.3 Å². The van der Waals surface area contributed by atoms with Crippen LogP contribution in [0.15, 0.2) is 53.9 Å². The van der Waals surface area contributed by atoms with Crippen molar-refractivity contribution >= 4 is 46.2 Å². The molecule has 5 N–H and O–H groups in total. The van der Waals surface area contributed by atoms with E-state index < -0.39 is 11.9 Å². The van der Waals surface area contributed by atoms with E-state index in [-0.39, 0.29) is 23.6 Å². The molecule has 3 rings (SSSR count). The van der Waals surface area contributed by atoms with Crippen molar-refractivity contribution in [3.8, 4) is 10.4 Å². The molecule has 2 amide bonds. The first-order valence-corrected chi connectivity index (χ1v) is 9.58. The molecule has 0 spiro atoms. The van der Waals surface area contributed by atoms with Crippen LogP contribution in [0.4, 0.5) is 17.1 Å². The van der Waals surface area contributed by atoms with E-state index in [1.165, 1.54) is 25.1 Å². The van der Waals surface area contributed by atoms with Crippen LogP contribution in [0.2, 0.25) is 0 Å². The number of anilines is 3. The molecule has 148 valence electrons. The van der Waals surface area contributed by atoms with Crippen LogP contribution in [0.25, 0.3) is 10.4 Å². The minimum absolute atomic E-state index is 0.267. The normalized spacial score (nSPS) is 10.4. The van der Waals surface area contributed by atoms with E-state index in [1.54, 1.807) is 23.5 Å². The van der Waals surface area contributed by atoms with E-state index in [0.29, 0.717) is 16.9 Å². The molecule has 0 atom stereocenters. The molecule has 2 aromatic carbocycles. The van der Waals surface area contributed by atoms with Gasteiger partial charge in [0.05, 0.1) is 17.8 Å². The first kappa shape index (κ1) is 20.1. The molecule has 7 nitrogen and oxygen atoms in total. The molecule has 8 heteroatoms. The molecule has 0 unspecified atom stereocenters. The van der Waals surface area contributed by atoms with Crippen molar-refractivity contribution in [2.24, 2.45) is 0 Å². The zero-order chi connectivity index (χ0) is 21.0. The molecule has 3 aromatic rings. The number of nitrogens with one attached hydrogen (secondary N) is 2. The summed E-state index contributed by atoms with van der Waals surface area (Å²) in [6, 6.07) is 13.8. The molecular formula is C21H19N3O4S. The summed E-state index contributed by atoms with van der Waals surface area (Å²) in [5.74, 6) is -1.82. The predicted molar refractivity (Wildman–Crippen MR) is 114 cm³/mol. The van der Waals surface area contributed by atoms with Gasteiger partial charge < -0.3 is 21.5 Å². The smallest absolute Gasteiger partial charge is 0.307 e. The second kappa shape index (κ2) is 8.57. The lowest BCUT2D eigenvalue weighted by atomic mass is 10.0. The topological polar surface area (TPSA) is 122 Å². The Hall–Kier alpha value is -3.65. The van der Waals surface area contributed by atoms with E-state index in [0.717, 1.165) is 10.4 Å². The van der Waals surface area contributed by atoms with Gasteiger partial charge in [0.25, 0.3) is 5.91 Å². The monoisotopic (exact) mass is 409 g/mol. The number of amides is 2. The quantitative estimate of drug-likeness (QED) is 0.461. The molecule has 0 aliphatic rings. The molecule has 29 heavy (non-hydrogen) atoms. The van der Waals surface area contributed by atoms with E-state index in [4.69, 9.17) is 10.8 Å². The molecule has 1 aromatic heterocycles. The van der Waals surface area contributed by atoms with E-state index in [1.807, 2.05) is 23.6 Å². The van der Waals surface area contributed by atoms with Crippen LogP contribution in [-0.2, 0) is 16.0 Å². The zero-order valence-electron chi connectivity index (χ0n) is 15.6. The van der Waals surface area contributed by atoms with Crippen LogP contribution < -0.4 is 16.4 Å². The zero-order valence-corrected chi connectivity index (χ0v) is 16.4. The number of hydrogen-bond acceptors (Lipinski definition) is 5. The average molecular weight is 409 g/mol. The highest BCUT2D eigenvalue weighted by atomic mass is 32.1. The molecule has 0 saturated carbocycles. The number of rotatable bonds is 6. The third-order valence-electron chi connectivity index (χ3n) is 4.13. The summed E-state index contributed by atoms with van der Waals surface area (Å²) in [6.45, 7) is 1.31. The molecule has 0 fully saturated rings. The fraction of sp³-hybridized carbons (Fsp3) is 0.0952. The lowest BCUT2D eigenvalue weighted by Crippen LogP contribution is -2.16. The highest BCUT2D eigenvalue weighted by Gasteiger charge is 2.14. The minimum Gasteiger partial charge on any atom is -0.481 e. The van der Waals surface area contributed by atoms with Crippen molar-refractivity contribution < 1.29 is 19.5 Å². The Bertz CT molecular complexity index is 1080. The van der Waals surface area contributed by atoms with Gasteiger partial charge in [0.1, 0.15) is 0 Å². The standard InChI is InChI=1S/C21H19N3O4S/c1-12(25)23-17-10-15(5-4-13(17)11-20(26)27)21(28)24-18-9-14(6-7-16(18)22)19-3-2-8-29-19/h2-10H,11,22H2,1H3,(H,23,25)(H,24,28)(H,26,27). The molecule has 0 aliphatic carbocycles. The van der Waals surface area contributed by atoms with Gasteiger partial charge in [-0.25, -0.2) is 0 Å². The Balaban J connectivity index is 1.88. The van der Waals surface area contributed by atoms with Crippen molar-refractivity contribution in [2.75, 3.05) is 16.4 Å². The molecule has 1 heterocycles. The number of carboxylic acid groups (broad SMARTS) is 1. The largest absolute Gasteiger partial charge is 0.481 e. The Kier molecular flexibility index (Phi) is 5.94. The van der Waals surface area contributed by atoms with Gasteiger partial charge in [0, 0.05) is 23.1 Å². The maximum Gasteiger partial charge on any atom is 0.307 e. The predicted octanol–water partition coefficient (Wildman–Crippen LogP) is 3.84. The summed E-state index contributed by atoms with van der Waals surface area (Å²) < 4.78 is 0. The molecule has 0 bridgehead atoms. The second-order valence-corrected chi connectivity index (χ2v) is 7.30. The van der Waals surface area contributed by atoms with Crippen molar-refractivity contribution in [3.05, 3.63) is 65.0 Å². The van der Waals surface area contributed by atoms with Gasteiger partial charge >= 0.3 is 5.97 Å². The lowest BCUT2D eigenvalue weighted by molar-refractivity contribution is -0.136. The summed E-state index contributed by atoms with van der Waals surface area (Å²) in [7, 11) is 0. The number of nitrogen functional groups attached to an aromatic ring is 1. The minimum atomic E-state index is -1.04. The fourth-order valence-electron chi connectivity index (χ4n) is 2.80. The van der Waals surface area contributed by atoms with Crippen LogP contribution in [0, 0.1) is 0 Å². The maximum atomic E-state index is 12.7. The number of nitrogens with two attached hydrogens (primary N) is 1. The highest BCUT2D eigenvalue weighted by Crippen LogP contribution is 2.30. The summed E-state index contributed by atoms with van der Waals surface area (Å²) >= 11 is 1.58. The third-order valence-corrected chi connectivity index (χ3v) is 5.05. The number of carbonyl (C=O) groups is 3. The summed E-state index contributed by atoms with van der Waals surface area (Å²) in [6.07, 6.45) is -0.271. The molecule has 0 radical (unpaired) electrons. The molecular weight excluding hydrogens is 390 g/mol. The number of thiophene rings is 1. The first-order chi connectivity index (χ1) is 13.8. The van der Waals surface area contributed by atoms with Crippen molar-refractivity contribution in [3.63, 3.8) is 0 Å².